The summed E-state index contributed by atoms with van der Waals surface area (Å²) in [5.74, 6) is 1.75. The number of nitrogens with zero attached hydrogens (tertiary/aromatic N) is 4. The fourth-order valence-electron chi connectivity index (χ4n) is 4.33. The van der Waals surface area contributed by atoms with Crippen LogP contribution in [0, 0.1) is 0 Å². The summed E-state index contributed by atoms with van der Waals surface area (Å²) in [6.45, 7) is 3.16. The molecule has 2 aliphatic rings. The number of aliphatic hydroxyl groups is 1. The monoisotopic (exact) mass is 387 g/mol. The van der Waals surface area contributed by atoms with E-state index in [0.717, 1.165) is 61.9 Å². The van der Waals surface area contributed by atoms with E-state index in [9.17, 15) is 5.11 Å². The van der Waals surface area contributed by atoms with E-state index in [-0.39, 0.29) is 0 Å². The maximum Gasteiger partial charge on any atom is 0.161 e. The second-order valence-electron chi connectivity index (χ2n) is 8.01. The van der Waals surface area contributed by atoms with Crippen molar-refractivity contribution in [2.45, 2.75) is 38.0 Å². The number of hydrogen-bond acceptors (Lipinski definition) is 6. The molecule has 1 saturated heterocycles. The van der Waals surface area contributed by atoms with Crippen molar-refractivity contribution in [2.24, 2.45) is 0 Å². The average Bonchev–Trinajstić information content (AvgIpc) is 3.24. The summed E-state index contributed by atoms with van der Waals surface area (Å²) in [6.07, 6.45) is 5.72. The van der Waals surface area contributed by atoms with Crippen LogP contribution < -0.4 is 10.2 Å². The first-order valence-corrected chi connectivity index (χ1v) is 10.2. The number of anilines is 1. The standard InChI is InChI=1S/C23H25N5O/c29-23(14-17-4-2-1-3-5-17)8-12-28(13-9-23)22-19-15-25-16-20(19)26-21(27-22)18-6-10-24-11-7-18/h1-7,10-11,25,29H,8-9,12-16H2. The summed E-state index contributed by atoms with van der Waals surface area (Å²) in [7, 11) is 0. The third kappa shape index (κ3) is 3.73. The van der Waals surface area contributed by atoms with E-state index in [1.165, 1.54) is 11.1 Å². The minimum Gasteiger partial charge on any atom is -0.389 e. The summed E-state index contributed by atoms with van der Waals surface area (Å²) >= 11 is 0. The molecule has 6 heteroatoms. The zero-order valence-corrected chi connectivity index (χ0v) is 16.4. The summed E-state index contributed by atoms with van der Waals surface area (Å²) in [5, 5.41) is 14.5. The highest BCUT2D eigenvalue weighted by molar-refractivity contribution is 5.61. The number of hydrogen-bond donors (Lipinski definition) is 2. The molecule has 1 fully saturated rings. The zero-order chi connectivity index (χ0) is 19.7. The highest BCUT2D eigenvalue weighted by atomic mass is 16.3. The van der Waals surface area contributed by atoms with E-state index in [4.69, 9.17) is 9.97 Å². The number of nitrogens with one attached hydrogen (secondary N) is 1. The van der Waals surface area contributed by atoms with Crippen molar-refractivity contribution in [2.75, 3.05) is 18.0 Å². The lowest BCUT2D eigenvalue weighted by Crippen LogP contribution is -2.46. The molecule has 0 aliphatic carbocycles. The first kappa shape index (κ1) is 18.2. The van der Waals surface area contributed by atoms with Crippen molar-refractivity contribution >= 4 is 5.82 Å². The number of piperidine rings is 1. The summed E-state index contributed by atoms with van der Waals surface area (Å²) in [4.78, 5) is 16.1. The number of fused-ring (bicyclic) bond motifs is 1. The van der Waals surface area contributed by atoms with E-state index in [2.05, 4.69) is 27.3 Å². The molecule has 4 heterocycles. The summed E-state index contributed by atoms with van der Waals surface area (Å²) in [5.41, 5.74) is 3.78. The lowest BCUT2D eigenvalue weighted by molar-refractivity contribution is 0.0164. The summed E-state index contributed by atoms with van der Waals surface area (Å²) in [6, 6.07) is 14.2. The van der Waals surface area contributed by atoms with Gasteiger partial charge in [0.15, 0.2) is 5.82 Å². The molecule has 6 nitrogen and oxygen atoms in total. The van der Waals surface area contributed by atoms with Crippen LogP contribution in [-0.4, -0.2) is 38.7 Å². The molecule has 0 atom stereocenters. The molecule has 0 radical (unpaired) electrons. The van der Waals surface area contributed by atoms with Gasteiger partial charge in [0.05, 0.1) is 11.3 Å². The van der Waals surface area contributed by atoms with Crippen LogP contribution in [0.5, 0.6) is 0 Å². The Morgan fingerprint density at radius 1 is 0.966 bits per heavy atom. The predicted octanol–water partition coefficient (Wildman–Crippen LogP) is 2.72. The normalized spacial score (nSPS) is 17.9. The molecular weight excluding hydrogens is 362 g/mol. The van der Waals surface area contributed by atoms with E-state index in [0.29, 0.717) is 6.42 Å². The third-order valence-electron chi connectivity index (χ3n) is 5.97. The molecule has 0 amide bonds. The van der Waals surface area contributed by atoms with Crippen LogP contribution in [0.2, 0.25) is 0 Å². The van der Waals surface area contributed by atoms with Gasteiger partial charge in [-0.3, -0.25) is 4.98 Å². The first-order valence-electron chi connectivity index (χ1n) is 10.2. The predicted molar refractivity (Wildman–Crippen MR) is 112 cm³/mol. The Morgan fingerprint density at radius 2 is 1.72 bits per heavy atom. The number of benzene rings is 1. The van der Waals surface area contributed by atoms with Gasteiger partial charge in [-0.25, -0.2) is 9.97 Å². The quantitative estimate of drug-likeness (QED) is 0.717. The van der Waals surface area contributed by atoms with Crippen LogP contribution in [0.15, 0.2) is 54.9 Å². The minimum atomic E-state index is -0.653. The van der Waals surface area contributed by atoms with Crippen molar-refractivity contribution in [3.05, 3.63) is 71.7 Å². The van der Waals surface area contributed by atoms with Crippen molar-refractivity contribution in [3.8, 4) is 11.4 Å². The Hall–Kier alpha value is -2.83. The highest BCUT2D eigenvalue weighted by Crippen LogP contribution is 2.33. The molecule has 0 unspecified atom stereocenters. The van der Waals surface area contributed by atoms with Gasteiger partial charge in [0.25, 0.3) is 0 Å². The van der Waals surface area contributed by atoms with E-state index in [1.54, 1.807) is 12.4 Å². The molecule has 148 valence electrons. The molecular formula is C23H25N5O. The maximum atomic E-state index is 11.1. The lowest BCUT2D eigenvalue weighted by atomic mass is 9.85. The van der Waals surface area contributed by atoms with Gasteiger partial charge in [0.2, 0.25) is 0 Å². The second kappa shape index (κ2) is 7.54. The summed E-state index contributed by atoms with van der Waals surface area (Å²) < 4.78 is 0. The molecule has 5 rings (SSSR count). The largest absolute Gasteiger partial charge is 0.389 e. The molecule has 3 aromatic rings. The highest BCUT2D eigenvalue weighted by Gasteiger charge is 2.34. The molecule has 1 aromatic carbocycles. The third-order valence-corrected chi connectivity index (χ3v) is 5.97. The van der Waals surface area contributed by atoms with Gasteiger partial charge in [-0.05, 0) is 30.5 Å². The van der Waals surface area contributed by atoms with Gasteiger partial charge in [-0.2, -0.15) is 0 Å². The Labute approximate surface area is 170 Å². The molecule has 0 spiro atoms. The van der Waals surface area contributed by atoms with E-state index >= 15 is 0 Å². The van der Waals surface area contributed by atoms with Crippen molar-refractivity contribution in [1.29, 1.82) is 0 Å². The lowest BCUT2D eigenvalue weighted by Gasteiger charge is -2.39. The van der Waals surface area contributed by atoms with Crippen LogP contribution in [0.1, 0.15) is 29.7 Å². The van der Waals surface area contributed by atoms with Crippen LogP contribution in [-0.2, 0) is 19.5 Å². The molecule has 2 aromatic heterocycles. The van der Waals surface area contributed by atoms with Crippen LogP contribution in [0.4, 0.5) is 5.82 Å². The van der Waals surface area contributed by atoms with E-state index in [1.807, 2.05) is 30.3 Å². The number of pyridine rings is 1. The van der Waals surface area contributed by atoms with Gasteiger partial charge in [0.1, 0.15) is 5.82 Å². The van der Waals surface area contributed by atoms with Crippen LogP contribution >= 0.6 is 0 Å². The smallest absolute Gasteiger partial charge is 0.161 e. The minimum absolute atomic E-state index is 0.653. The van der Waals surface area contributed by atoms with Crippen LogP contribution in [0.25, 0.3) is 11.4 Å². The van der Waals surface area contributed by atoms with Gasteiger partial charge in [-0.15, -0.1) is 0 Å². The van der Waals surface area contributed by atoms with Gasteiger partial charge in [0, 0.05) is 56.1 Å². The van der Waals surface area contributed by atoms with Gasteiger partial charge >= 0.3 is 0 Å². The Balaban J connectivity index is 1.39. The van der Waals surface area contributed by atoms with E-state index < -0.39 is 5.60 Å². The molecule has 29 heavy (non-hydrogen) atoms. The molecule has 0 bridgehead atoms. The Kier molecular flexibility index (Phi) is 4.73. The fourth-order valence-corrected chi connectivity index (χ4v) is 4.33. The van der Waals surface area contributed by atoms with Crippen molar-refractivity contribution in [1.82, 2.24) is 20.3 Å². The second-order valence-corrected chi connectivity index (χ2v) is 8.01. The molecule has 2 aliphatic heterocycles. The average molecular weight is 387 g/mol. The van der Waals surface area contributed by atoms with Gasteiger partial charge in [-0.1, -0.05) is 30.3 Å². The Morgan fingerprint density at radius 3 is 2.48 bits per heavy atom. The SMILES string of the molecule is OC1(Cc2ccccc2)CCN(c2nc(-c3ccncc3)nc3c2CNC3)CC1. The maximum absolute atomic E-state index is 11.1. The van der Waals surface area contributed by atoms with Crippen molar-refractivity contribution < 1.29 is 5.11 Å². The number of aromatic nitrogens is 3. The van der Waals surface area contributed by atoms with Crippen molar-refractivity contribution in [3.63, 3.8) is 0 Å². The zero-order valence-electron chi connectivity index (χ0n) is 16.4. The number of rotatable bonds is 4. The Bertz CT molecular complexity index is 985. The van der Waals surface area contributed by atoms with Crippen LogP contribution in [0.3, 0.4) is 0 Å². The molecule has 2 N–H and O–H groups in total. The molecule has 0 saturated carbocycles. The fraction of sp³-hybridized carbons (Fsp3) is 0.348. The van der Waals surface area contributed by atoms with Gasteiger partial charge < -0.3 is 15.3 Å². The first-order chi connectivity index (χ1) is 14.2. The topological polar surface area (TPSA) is 74.2 Å².